The van der Waals surface area contributed by atoms with Crippen LogP contribution in [0.15, 0.2) is 54.6 Å². The van der Waals surface area contributed by atoms with Crippen LogP contribution in [-0.4, -0.2) is 94.2 Å². The topological polar surface area (TPSA) is 125 Å². The van der Waals surface area contributed by atoms with E-state index in [9.17, 15) is 24.3 Å². The van der Waals surface area contributed by atoms with Gasteiger partial charge in [-0.1, -0.05) is 54.6 Å². The first-order chi connectivity index (χ1) is 19.7. The normalized spacial score (nSPS) is 33.6. The molecule has 0 unspecified atom stereocenters. The zero-order valence-corrected chi connectivity index (χ0v) is 23.8. The summed E-state index contributed by atoms with van der Waals surface area (Å²) in [4.78, 5) is 57.8. The summed E-state index contributed by atoms with van der Waals surface area (Å²) < 4.78 is 12.1. The average molecular weight is 566 g/mol. The molecule has 41 heavy (non-hydrogen) atoms. The molecule has 0 radical (unpaired) electrons. The second-order valence-corrected chi connectivity index (χ2v) is 11.6. The number of likely N-dealkylation sites (tertiary alicyclic amines) is 1. The van der Waals surface area contributed by atoms with Crippen LogP contribution in [-0.2, 0) is 35.1 Å². The number of allylic oxidation sites excluding steroid dienone is 1. The quantitative estimate of drug-likeness (QED) is 0.408. The lowest BCUT2D eigenvalue weighted by Gasteiger charge is -2.40. The molecule has 1 aromatic rings. The van der Waals surface area contributed by atoms with Gasteiger partial charge in [0.05, 0.1) is 31.2 Å². The van der Waals surface area contributed by atoms with Gasteiger partial charge in [-0.25, -0.2) is 0 Å². The fourth-order valence-corrected chi connectivity index (χ4v) is 6.58. The van der Waals surface area contributed by atoms with Crippen LogP contribution in [0.3, 0.4) is 0 Å². The Labute approximate surface area is 240 Å². The van der Waals surface area contributed by atoms with Crippen LogP contribution < -0.4 is 5.32 Å². The van der Waals surface area contributed by atoms with Gasteiger partial charge >= 0.3 is 5.97 Å². The number of nitrogens with one attached hydrogen (secondary N) is 1. The number of rotatable bonds is 5. The van der Waals surface area contributed by atoms with E-state index in [1.807, 2.05) is 56.3 Å². The second-order valence-electron chi connectivity index (χ2n) is 11.6. The first kappa shape index (κ1) is 29.0. The first-order valence-electron chi connectivity index (χ1n) is 14.4. The van der Waals surface area contributed by atoms with Crippen LogP contribution in [0, 0.1) is 11.8 Å². The highest BCUT2D eigenvalue weighted by molar-refractivity contribution is 5.99. The Balaban J connectivity index is 1.58. The molecular formula is C31H39N3O7. The summed E-state index contributed by atoms with van der Waals surface area (Å²) in [5.74, 6) is -3.43. The Morgan fingerprint density at radius 2 is 1.85 bits per heavy atom. The fraction of sp³-hybridized carbons (Fsp3) is 0.548. The molecule has 0 aliphatic carbocycles. The van der Waals surface area contributed by atoms with Gasteiger partial charge in [0, 0.05) is 19.0 Å². The Kier molecular flexibility index (Phi) is 8.33. The van der Waals surface area contributed by atoms with Crippen LogP contribution in [0.2, 0.25) is 0 Å². The van der Waals surface area contributed by atoms with E-state index in [-0.39, 0.29) is 44.0 Å². The monoisotopic (exact) mass is 565 g/mol. The van der Waals surface area contributed by atoms with E-state index < -0.39 is 53.6 Å². The predicted molar refractivity (Wildman–Crippen MR) is 149 cm³/mol. The summed E-state index contributed by atoms with van der Waals surface area (Å²) in [6, 6.07) is 7.49. The molecule has 10 nitrogen and oxygen atoms in total. The summed E-state index contributed by atoms with van der Waals surface area (Å²) >= 11 is 0. The number of amides is 3. The van der Waals surface area contributed by atoms with E-state index in [0.29, 0.717) is 12.8 Å². The Bertz CT molecular complexity index is 1230. The lowest BCUT2D eigenvalue weighted by molar-refractivity contribution is -0.159. The molecule has 5 bridgehead atoms. The molecule has 4 aliphatic rings. The molecule has 7 atom stereocenters. The van der Waals surface area contributed by atoms with Crippen molar-refractivity contribution in [2.45, 2.75) is 76.0 Å². The second kappa shape index (κ2) is 11.8. The maximum absolute atomic E-state index is 14.5. The van der Waals surface area contributed by atoms with Crippen molar-refractivity contribution in [2.75, 3.05) is 19.7 Å². The third-order valence-electron chi connectivity index (χ3n) is 8.55. The molecule has 1 spiro atoms. The summed E-state index contributed by atoms with van der Waals surface area (Å²) in [6.45, 7) is 5.53. The third kappa shape index (κ3) is 5.30. The number of ether oxygens (including phenoxy) is 2. The highest BCUT2D eigenvalue weighted by atomic mass is 16.6. The van der Waals surface area contributed by atoms with Gasteiger partial charge in [-0.05, 0) is 39.2 Å². The van der Waals surface area contributed by atoms with Crippen molar-refractivity contribution in [1.82, 2.24) is 15.1 Å². The molecule has 0 aromatic heterocycles. The van der Waals surface area contributed by atoms with Gasteiger partial charge in [0.25, 0.3) is 0 Å². The first-order valence-corrected chi connectivity index (χ1v) is 14.4. The number of carbonyl (C=O) groups excluding carboxylic acids is 4. The number of esters is 1. The molecule has 2 fully saturated rings. The number of hydrogen-bond acceptors (Lipinski definition) is 7. The largest absolute Gasteiger partial charge is 0.460 e. The van der Waals surface area contributed by atoms with E-state index in [1.54, 1.807) is 24.0 Å². The van der Waals surface area contributed by atoms with Gasteiger partial charge in [0.2, 0.25) is 17.7 Å². The molecule has 2 saturated heterocycles. The predicted octanol–water partition coefficient (Wildman–Crippen LogP) is 1.38. The van der Waals surface area contributed by atoms with Crippen LogP contribution >= 0.6 is 0 Å². The number of nitrogens with zero attached hydrogens (tertiary/aromatic N) is 2. The maximum Gasteiger partial charge on any atom is 0.313 e. The molecule has 0 saturated carbocycles. The Hall–Kier alpha value is -3.50. The molecule has 1 aromatic carbocycles. The number of hydrogen-bond donors (Lipinski definition) is 2. The van der Waals surface area contributed by atoms with E-state index in [2.05, 4.69) is 5.32 Å². The van der Waals surface area contributed by atoms with E-state index in [1.165, 1.54) is 4.90 Å². The van der Waals surface area contributed by atoms with Crippen LogP contribution in [0.4, 0.5) is 0 Å². The number of benzene rings is 1. The minimum Gasteiger partial charge on any atom is -0.460 e. The number of fused-ring (bicyclic) bond motifs is 2. The van der Waals surface area contributed by atoms with Crippen molar-refractivity contribution in [3.8, 4) is 0 Å². The van der Waals surface area contributed by atoms with Gasteiger partial charge in [0.1, 0.15) is 23.7 Å². The standard InChI is InChI=1S/C31H39N3O7/c1-19(2)33-15-9-5-8-12-24(36)32-17-20(3)40-30(39)25-23-13-14-31(41-23)26(25)28(37)34(27(31)29(33)38)22(18-35)16-21-10-6-4-7-11-21/h4-7,9-11,13-14,19-20,22-23,25-27,35H,8,12,15-18H2,1-3H3,(H,32,36)/b9-5-/t20-,22+,23+,25-,26-,27+,31-/m0/s1. The molecule has 4 heterocycles. The van der Waals surface area contributed by atoms with Crippen molar-refractivity contribution in [2.24, 2.45) is 11.8 Å². The van der Waals surface area contributed by atoms with Gasteiger partial charge in [-0.15, -0.1) is 0 Å². The zero-order chi connectivity index (χ0) is 29.3. The minimum atomic E-state index is -1.37. The fourth-order valence-electron chi connectivity index (χ4n) is 6.58. The summed E-state index contributed by atoms with van der Waals surface area (Å²) in [5.41, 5.74) is -0.458. The average Bonchev–Trinajstić information content (AvgIpc) is 3.59. The van der Waals surface area contributed by atoms with Crippen LogP contribution in [0.5, 0.6) is 0 Å². The number of aliphatic hydroxyl groups is 1. The maximum atomic E-state index is 14.5. The Morgan fingerprint density at radius 3 is 2.56 bits per heavy atom. The lowest BCUT2D eigenvalue weighted by atomic mass is 9.74. The number of cyclic esters (lactones) is 1. The number of aliphatic hydroxyl groups excluding tert-OH is 1. The lowest BCUT2D eigenvalue weighted by Crippen LogP contribution is -2.59. The van der Waals surface area contributed by atoms with Crippen LogP contribution in [0.25, 0.3) is 0 Å². The molecule has 3 amide bonds. The molecule has 2 N–H and O–H groups in total. The van der Waals surface area contributed by atoms with Gasteiger partial charge in [-0.3, -0.25) is 19.2 Å². The Morgan fingerprint density at radius 1 is 1.10 bits per heavy atom. The van der Waals surface area contributed by atoms with Crippen molar-refractivity contribution < 1.29 is 33.8 Å². The van der Waals surface area contributed by atoms with Crippen molar-refractivity contribution in [3.05, 3.63) is 60.2 Å². The van der Waals surface area contributed by atoms with Gasteiger partial charge in [-0.2, -0.15) is 0 Å². The van der Waals surface area contributed by atoms with Crippen LogP contribution in [0.1, 0.15) is 39.2 Å². The molecule has 4 aliphatic heterocycles. The van der Waals surface area contributed by atoms with E-state index in [4.69, 9.17) is 9.47 Å². The molecule has 5 rings (SSSR count). The summed E-state index contributed by atoms with van der Waals surface area (Å²) in [5, 5.41) is 13.4. The van der Waals surface area contributed by atoms with Crippen molar-refractivity contribution in [3.63, 3.8) is 0 Å². The third-order valence-corrected chi connectivity index (χ3v) is 8.55. The van der Waals surface area contributed by atoms with Gasteiger partial charge in [0.15, 0.2) is 0 Å². The smallest absolute Gasteiger partial charge is 0.313 e. The summed E-state index contributed by atoms with van der Waals surface area (Å²) in [7, 11) is 0. The van der Waals surface area contributed by atoms with E-state index in [0.717, 1.165) is 5.56 Å². The van der Waals surface area contributed by atoms with Gasteiger partial charge < -0.3 is 29.7 Å². The minimum absolute atomic E-state index is 0.143. The molecular weight excluding hydrogens is 526 g/mol. The zero-order valence-electron chi connectivity index (χ0n) is 23.8. The van der Waals surface area contributed by atoms with E-state index >= 15 is 0 Å². The van der Waals surface area contributed by atoms with Crippen molar-refractivity contribution >= 4 is 23.7 Å². The SMILES string of the molecule is CC(C)N1C/C=C\CCC(=O)NC[C@H](C)OC(=O)[C@@H]2[C@H]3C(=O)N([C@@H](CO)Cc4ccccc4)[C@H](C1=O)[C@]31C=C[C@H]2O1. The number of carbonyl (C=O) groups is 4. The highest BCUT2D eigenvalue weighted by Crippen LogP contribution is 2.56. The van der Waals surface area contributed by atoms with Crippen molar-refractivity contribution in [1.29, 1.82) is 0 Å². The highest BCUT2D eigenvalue weighted by Gasteiger charge is 2.74. The molecule has 220 valence electrons. The molecule has 10 heteroatoms. The summed E-state index contributed by atoms with van der Waals surface area (Å²) in [6.07, 6.45) is 6.96.